The molecule has 1 fully saturated rings. The largest absolute Gasteiger partial charge is 0.328 e. The molecular formula is C27H27N4O+. The van der Waals surface area contributed by atoms with Crippen LogP contribution in [0, 0.1) is 0 Å². The Kier molecular flexibility index (Phi) is 5.81. The molecule has 1 N–H and O–H groups in total. The zero-order valence-electron chi connectivity index (χ0n) is 18.0. The number of quaternary nitrogens is 1. The topological polar surface area (TPSA) is 42.6 Å². The van der Waals surface area contributed by atoms with Crippen LogP contribution in [0.15, 0.2) is 97.2 Å². The lowest BCUT2D eigenvalue weighted by atomic mass is 10.1. The Balaban J connectivity index is 1.33. The van der Waals surface area contributed by atoms with Gasteiger partial charge in [-0.2, -0.15) is 5.10 Å². The molecule has 5 nitrogen and oxygen atoms in total. The number of carbonyl (C=O) groups excluding carboxylic acids is 1. The molecule has 0 saturated carbocycles. The van der Waals surface area contributed by atoms with Crippen LogP contribution in [-0.4, -0.2) is 46.8 Å². The van der Waals surface area contributed by atoms with E-state index in [9.17, 15) is 4.79 Å². The lowest BCUT2D eigenvalue weighted by Gasteiger charge is -2.32. The Morgan fingerprint density at radius 3 is 2.06 bits per heavy atom. The molecule has 160 valence electrons. The van der Waals surface area contributed by atoms with Gasteiger partial charge in [0.05, 0.1) is 37.4 Å². The first-order valence-corrected chi connectivity index (χ1v) is 11.2. The maximum atomic E-state index is 12.8. The van der Waals surface area contributed by atoms with Crippen molar-refractivity contribution in [2.75, 3.05) is 26.2 Å². The Morgan fingerprint density at radius 1 is 0.812 bits per heavy atom. The van der Waals surface area contributed by atoms with Gasteiger partial charge >= 0.3 is 0 Å². The van der Waals surface area contributed by atoms with E-state index in [0.29, 0.717) is 0 Å². The van der Waals surface area contributed by atoms with Crippen LogP contribution in [0.4, 0.5) is 0 Å². The zero-order chi connectivity index (χ0) is 21.8. The van der Waals surface area contributed by atoms with Gasteiger partial charge in [0.2, 0.25) is 0 Å². The molecule has 0 bridgehead atoms. The van der Waals surface area contributed by atoms with Gasteiger partial charge in [0.15, 0.2) is 0 Å². The molecule has 4 aromatic rings. The summed E-state index contributed by atoms with van der Waals surface area (Å²) in [7, 11) is 0. The van der Waals surface area contributed by atoms with Gasteiger partial charge in [-0.3, -0.25) is 4.79 Å². The fourth-order valence-corrected chi connectivity index (χ4v) is 4.33. The van der Waals surface area contributed by atoms with Gasteiger partial charge in [-0.05, 0) is 24.3 Å². The Bertz CT molecular complexity index is 1160. The predicted octanol–water partition coefficient (Wildman–Crippen LogP) is 3.08. The van der Waals surface area contributed by atoms with Crippen molar-refractivity contribution in [2.24, 2.45) is 0 Å². The van der Waals surface area contributed by atoms with Crippen molar-refractivity contribution in [2.45, 2.75) is 6.54 Å². The molecule has 0 radical (unpaired) electrons. The van der Waals surface area contributed by atoms with Gasteiger partial charge in [0, 0.05) is 17.3 Å². The second kappa shape index (κ2) is 9.20. The molecule has 1 aliphatic heterocycles. The summed E-state index contributed by atoms with van der Waals surface area (Å²) in [5.74, 6) is 0.131. The highest BCUT2D eigenvalue weighted by atomic mass is 16.2. The third-order valence-electron chi connectivity index (χ3n) is 6.08. The number of piperazine rings is 1. The van der Waals surface area contributed by atoms with Crippen molar-refractivity contribution in [1.82, 2.24) is 14.7 Å². The standard InChI is InChI=1S/C27H26N4O/c32-27(23-12-6-2-7-13-23)30-18-16-29(17-19-30)20-24-21-31(25-14-8-3-9-15-25)28-26(24)22-10-4-1-5-11-22/h1-15,21H,16-20H2/p+1. The normalized spacial score (nSPS) is 14.4. The molecule has 0 spiro atoms. The molecule has 0 atom stereocenters. The van der Waals surface area contributed by atoms with Gasteiger partial charge in [-0.25, -0.2) is 4.68 Å². The summed E-state index contributed by atoms with van der Waals surface area (Å²) in [5.41, 5.74) is 5.23. The van der Waals surface area contributed by atoms with Crippen molar-refractivity contribution in [3.05, 3.63) is 108 Å². The quantitative estimate of drug-likeness (QED) is 0.536. The summed E-state index contributed by atoms with van der Waals surface area (Å²) >= 11 is 0. The number of rotatable bonds is 5. The monoisotopic (exact) mass is 423 g/mol. The zero-order valence-corrected chi connectivity index (χ0v) is 18.0. The lowest BCUT2D eigenvalue weighted by Crippen LogP contribution is -3.13. The number of amides is 1. The number of benzene rings is 3. The van der Waals surface area contributed by atoms with E-state index in [4.69, 9.17) is 5.10 Å². The summed E-state index contributed by atoms with van der Waals surface area (Å²) in [6.45, 7) is 4.31. The van der Waals surface area contributed by atoms with Gasteiger partial charge in [-0.1, -0.05) is 66.7 Å². The Hall–Kier alpha value is -3.70. The van der Waals surface area contributed by atoms with E-state index in [1.54, 1.807) is 0 Å². The number of hydrogen-bond donors (Lipinski definition) is 1. The van der Waals surface area contributed by atoms with Gasteiger partial charge < -0.3 is 9.80 Å². The molecule has 0 unspecified atom stereocenters. The van der Waals surface area contributed by atoms with Gasteiger partial charge in [-0.15, -0.1) is 0 Å². The van der Waals surface area contributed by atoms with Crippen molar-refractivity contribution in [1.29, 1.82) is 0 Å². The summed E-state index contributed by atoms with van der Waals surface area (Å²) in [4.78, 5) is 16.2. The molecule has 32 heavy (non-hydrogen) atoms. The van der Waals surface area contributed by atoms with E-state index in [1.807, 2.05) is 64.2 Å². The lowest BCUT2D eigenvalue weighted by molar-refractivity contribution is -0.917. The van der Waals surface area contributed by atoms with Crippen LogP contribution in [0.5, 0.6) is 0 Å². The SMILES string of the molecule is O=C(c1ccccc1)N1CC[NH+](Cc2cn(-c3ccccc3)nc2-c2ccccc2)CC1. The van der Waals surface area contributed by atoms with Gasteiger partial charge in [0.25, 0.3) is 5.91 Å². The maximum absolute atomic E-state index is 12.8. The van der Waals surface area contributed by atoms with Crippen LogP contribution in [0.25, 0.3) is 16.9 Å². The number of nitrogens with one attached hydrogen (secondary N) is 1. The first-order chi connectivity index (χ1) is 15.8. The van der Waals surface area contributed by atoms with Crippen molar-refractivity contribution >= 4 is 5.91 Å². The van der Waals surface area contributed by atoms with Crippen LogP contribution < -0.4 is 4.90 Å². The highest BCUT2D eigenvalue weighted by molar-refractivity contribution is 5.94. The fraction of sp³-hybridized carbons (Fsp3) is 0.185. The van der Waals surface area contributed by atoms with Crippen LogP contribution in [0.2, 0.25) is 0 Å². The average Bonchev–Trinajstić information content (AvgIpc) is 3.29. The number of nitrogens with zero attached hydrogens (tertiary/aromatic N) is 3. The molecule has 3 aromatic carbocycles. The highest BCUT2D eigenvalue weighted by Gasteiger charge is 2.26. The number of hydrogen-bond acceptors (Lipinski definition) is 2. The first kappa shape index (κ1) is 20.2. The molecule has 1 aromatic heterocycles. The summed E-state index contributed by atoms with van der Waals surface area (Å²) in [6, 6.07) is 30.2. The van der Waals surface area contributed by atoms with E-state index in [0.717, 1.165) is 55.2 Å². The van der Waals surface area contributed by atoms with Crippen molar-refractivity contribution in [3.8, 4) is 16.9 Å². The maximum Gasteiger partial charge on any atom is 0.254 e. The van der Waals surface area contributed by atoms with Crippen molar-refractivity contribution in [3.63, 3.8) is 0 Å². The van der Waals surface area contributed by atoms with Crippen LogP contribution in [-0.2, 0) is 6.54 Å². The smallest absolute Gasteiger partial charge is 0.254 e. The minimum absolute atomic E-state index is 0.131. The predicted molar refractivity (Wildman–Crippen MR) is 126 cm³/mol. The Labute approximate surface area is 188 Å². The third kappa shape index (κ3) is 4.34. The number of carbonyl (C=O) groups is 1. The van der Waals surface area contributed by atoms with E-state index in [2.05, 4.69) is 42.6 Å². The number of aromatic nitrogens is 2. The van der Waals surface area contributed by atoms with Gasteiger partial charge in [0.1, 0.15) is 12.2 Å². The highest BCUT2D eigenvalue weighted by Crippen LogP contribution is 2.23. The van der Waals surface area contributed by atoms with Crippen LogP contribution >= 0.6 is 0 Å². The first-order valence-electron chi connectivity index (χ1n) is 11.2. The minimum Gasteiger partial charge on any atom is -0.328 e. The molecular weight excluding hydrogens is 396 g/mol. The average molecular weight is 424 g/mol. The summed E-state index contributed by atoms with van der Waals surface area (Å²) in [6.07, 6.45) is 2.16. The third-order valence-corrected chi connectivity index (χ3v) is 6.08. The van der Waals surface area contributed by atoms with Crippen LogP contribution in [0.3, 0.4) is 0 Å². The fourth-order valence-electron chi connectivity index (χ4n) is 4.33. The molecule has 2 heterocycles. The molecule has 1 saturated heterocycles. The van der Waals surface area contributed by atoms with E-state index in [1.165, 1.54) is 10.5 Å². The summed E-state index contributed by atoms with van der Waals surface area (Å²) in [5, 5.41) is 4.94. The molecule has 1 aliphatic rings. The van der Waals surface area contributed by atoms with Crippen LogP contribution in [0.1, 0.15) is 15.9 Å². The second-order valence-electron chi connectivity index (χ2n) is 8.23. The molecule has 0 aliphatic carbocycles. The van der Waals surface area contributed by atoms with E-state index in [-0.39, 0.29) is 5.91 Å². The molecule has 1 amide bonds. The second-order valence-corrected chi connectivity index (χ2v) is 8.23. The molecule has 5 heteroatoms. The van der Waals surface area contributed by atoms with Crippen molar-refractivity contribution < 1.29 is 9.69 Å². The number of para-hydroxylation sites is 1. The minimum atomic E-state index is 0.131. The summed E-state index contributed by atoms with van der Waals surface area (Å²) < 4.78 is 1.98. The molecule has 5 rings (SSSR count). The Morgan fingerprint density at radius 2 is 1.41 bits per heavy atom. The van der Waals surface area contributed by atoms with E-state index >= 15 is 0 Å². The van der Waals surface area contributed by atoms with E-state index < -0.39 is 0 Å².